The molecule has 1 aromatic rings. The van der Waals surface area contributed by atoms with Gasteiger partial charge in [-0.25, -0.2) is 0 Å². The van der Waals surface area contributed by atoms with E-state index >= 15 is 0 Å². The summed E-state index contributed by atoms with van der Waals surface area (Å²) in [5.41, 5.74) is 6.87. The highest BCUT2D eigenvalue weighted by Gasteiger charge is 2.10. The first kappa shape index (κ1) is 15.9. The van der Waals surface area contributed by atoms with Crippen LogP contribution >= 0.6 is 11.8 Å². The number of nitrogens with zero attached hydrogens (tertiary/aromatic N) is 1. The minimum atomic E-state index is -0.0280. The zero-order chi connectivity index (χ0) is 14.9. The van der Waals surface area contributed by atoms with Gasteiger partial charge < -0.3 is 11.1 Å². The van der Waals surface area contributed by atoms with Gasteiger partial charge in [-0.05, 0) is 24.3 Å². The predicted octanol–water partition coefficient (Wildman–Crippen LogP) is 0.775. The van der Waals surface area contributed by atoms with Crippen LogP contribution in [0.3, 0.4) is 0 Å². The van der Waals surface area contributed by atoms with Gasteiger partial charge in [0, 0.05) is 48.8 Å². The second kappa shape index (κ2) is 8.73. The molecule has 1 aliphatic heterocycles. The molecule has 0 saturated carbocycles. The van der Waals surface area contributed by atoms with E-state index in [0.717, 1.165) is 25.2 Å². The van der Waals surface area contributed by atoms with Crippen LogP contribution in [0.25, 0.3) is 0 Å². The molecule has 0 aliphatic carbocycles. The Hall–Kier alpha value is -1.48. The first-order valence-electron chi connectivity index (χ1n) is 7.17. The van der Waals surface area contributed by atoms with Gasteiger partial charge in [0.05, 0.1) is 6.54 Å². The molecule has 2 rings (SSSR count). The first-order valence-corrected chi connectivity index (χ1v) is 8.32. The number of nitrogens with two attached hydrogens (primary N) is 1. The Morgan fingerprint density at radius 2 is 2.00 bits per heavy atom. The smallest absolute Gasteiger partial charge is 0.251 e. The lowest BCUT2D eigenvalue weighted by molar-refractivity contribution is 0.0949. The maximum atomic E-state index is 12.0. The van der Waals surface area contributed by atoms with Crippen LogP contribution in [-0.4, -0.2) is 55.0 Å². The van der Waals surface area contributed by atoms with Gasteiger partial charge in [-0.15, -0.1) is 0 Å². The van der Waals surface area contributed by atoms with Crippen molar-refractivity contribution in [3.8, 4) is 11.8 Å². The number of benzene rings is 1. The molecular weight excluding hydrogens is 282 g/mol. The summed E-state index contributed by atoms with van der Waals surface area (Å²) < 4.78 is 0. The van der Waals surface area contributed by atoms with Gasteiger partial charge in [0.25, 0.3) is 5.91 Å². The summed E-state index contributed by atoms with van der Waals surface area (Å²) in [5.74, 6) is 8.09. The molecule has 1 amide bonds. The van der Waals surface area contributed by atoms with E-state index in [1.807, 2.05) is 23.9 Å². The minimum absolute atomic E-state index is 0.0280. The molecule has 4 nitrogen and oxygen atoms in total. The number of thioether (sulfide) groups is 1. The van der Waals surface area contributed by atoms with Crippen molar-refractivity contribution in [1.29, 1.82) is 0 Å². The topological polar surface area (TPSA) is 58.4 Å². The second-order valence-corrected chi connectivity index (χ2v) is 6.02. The van der Waals surface area contributed by atoms with Gasteiger partial charge in [0.1, 0.15) is 0 Å². The van der Waals surface area contributed by atoms with E-state index in [0.29, 0.717) is 18.7 Å². The monoisotopic (exact) mass is 303 g/mol. The van der Waals surface area contributed by atoms with E-state index in [1.165, 1.54) is 11.5 Å². The molecule has 1 saturated heterocycles. The average Bonchev–Trinajstić information content (AvgIpc) is 2.54. The van der Waals surface area contributed by atoms with E-state index in [4.69, 9.17) is 5.73 Å². The molecule has 0 bridgehead atoms. The summed E-state index contributed by atoms with van der Waals surface area (Å²) in [6.45, 7) is 4.20. The van der Waals surface area contributed by atoms with Crippen molar-refractivity contribution in [2.45, 2.75) is 0 Å². The third-order valence-electron chi connectivity index (χ3n) is 3.30. The minimum Gasteiger partial charge on any atom is -0.351 e. The number of nitrogens with one attached hydrogen (secondary N) is 1. The molecule has 1 fully saturated rings. The molecule has 0 unspecified atom stereocenters. The molecule has 1 aromatic carbocycles. The van der Waals surface area contributed by atoms with Crippen molar-refractivity contribution in [2.75, 3.05) is 44.2 Å². The van der Waals surface area contributed by atoms with Gasteiger partial charge >= 0.3 is 0 Å². The molecule has 3 N–H and O–H groups in total. The summed E-state index contributed by atoms with van der Waals surface area (Å²) in [6.07, 6.45) is 0. The first-order chi connectivity index (χ1) is 10.3. The summed E-state index contributed by atoms with van der Waals surface area (Å²) in [7, 11) is 0. The predicted molar refractivity (Wildman–Crippen MR) is 88.5 cm³/mol. The normalized spacial score (nSPS) is 15.1. The van der Waals surface area contributed by atoms with Crippen LogP contribution in [0.4, 0.5) is 0 Å². The van der Waals surface area contributed by atoms with Gasteiger partial charge in [0.15, 0.2) is 0 Å². The molecule has 0 spiro atoms. The molecule has 21 heavy (non-hydrogen) atoms. The van der Waals surface area contributed by atoms with E-state index in [-0.39, 0.29) is 5.91 Å². The van der Waals surface area contributed by atoms with Crippen LogP contribution in [0.15, 0.2) is 24.3 Å². The van der Waals surface area contributed by atoms with Gasteiger partial charge in [-0.1, -0.05) is 11.8 Å². The van der Waals surface area contributed by atoms with Crippen molar-refractivity contribution in [2.24, 2.45) is 5.73 Å². The number of hydrogen-bond donors (Lipinski definition) is 2. The Kier molecular flexibility index (Phi) is 6.61. The second-order valence-electron chi connectivity index (χ2n) is 4.79. The standard InChI is InChI=1S/C16H21N3OS/c17-7-1-2-14-3-5-15(6-4-14)16(20)18-8-9-19-10-12-21-13-11-19/h3-6H,7-13,17H2,(H,18,20). The van der Waals surface area contributed by atoms with Crippen molar-refractivity contribution in [3.63, 3.8) is 0 Å². The van der Waals surface area contributed by atoms with Crippen molar-refractivity contribution >= 4 is 17.7 Å². The molecule has 112 valence electrons. The van der Waals surface area contributed by atoms with Gasteiger partial charge in [-0.2, -0.15) is 11.8 Å². The lowest BCUT2D eigenvalue weighted by atomic mass is 10.1. The van der Waals surface area contributed by atoms with Crippen molar-refractivity contribution in [3.05, 3.63) is 35.4 Å². The van der Waals surface area contributed by atoms with Gasteiger partial charge in [-0.3, -0.25) is 9.69 Å². The fourth-order valence-electron chi connectivity index (χ4n) is 2.11. The number of rotatable bonds is 4. The van der Waals surface area contributed by atoms with Crippen LogP contribution in [0.1, 0.15) is 15.9 Å². The lowest BCUT2D eigenvalue weighted by Gasteiger charge is -2.25. The average molecular weight is 303 g/mol. The Labute approximate surface area is 130 Å². The summed E-state index contributed by atoms with van der Waals surface area (Å²) in [5, 5.41) is 2.97. The summed E-state index contributed by atoms with van der Waals surface area (Å²) in [6, 6.07) is 7.29. The van der Waals surface area contributed by atoms with E-state index in [2.05, 4.69) is 22.1 Å². The number of carbonyl (C=O) groups excluding carboxylic acids is 1. The van der Waals surface area contributed by atoms with E-state index < -0.39 is 0 Å². The van der Waals surface area contributed by atoms with Crippen molar-refractivity contribution < 1.29 is 4.79 Å². The van der Waals surface area contributed by atoms with Gasteiger partial charge in [0.2, 0.25) is 0 Å². The highest BCUT2D eigenvalue weighted by molar-refractivity contribution is 7.99. The maximum Gasteiger partial charge on any atom is 0.251 e. The van der Waals surface area contributed by atoms with Crippen LogP contribution < -0.4 is 11.1 Å². The summed E-state index contributed by atoms with van der Waals surface area (Å²) in [4.78, 5) is 14.4. The highest BCUT2D eigenvalue weighted by atomic mass is 32.2. The molecule has 1 heterocycles. The summed E-state index contributed by atoms with van der Waals surface area (Å²) >= 11 is 1.99. The SMILES string of the molecule is NCC#Cc1ccc(C(=O)NCCN2CCSCC2)cc1. The fraction of sp³-hybridized carbons (Fsp3) is 0.438. The molecule has 0 aromatic heterocycles. The number of amides is 1. The fourth-order valence-corrected chi connectivity index (χ4v) is 3.09. The largest absolute Gasteiger partial charge is 0.351 e. The number of hydrogen-bond acceptors (Lipinski definition) is 4. The Morgan fingerprint density at radius 3 is 2.67 bits per heavy atom. The highest BCUT2D eigenvalue weighted by Crippen LogP contribution is 2.08. The third kappa shape index (κ3) is 5.43. The van der Waals surface area contributed by atoms with Crippen LogP contribution in [0.2, 0.25) is 0 Å². The quantitative estimate of drug-likeness (QED) is 0.807. The van der Waals surface area contributed by atoms with Crippen molar-refractivity contribution in [1.82, 2.24) is 10.2 Å². The molecular formula is C16H21N3OS. The Morgan fingerprint density at radius 1 is 1.29 bits per heavy atom. The zero-order valence-electron chi connectivity index (χ0n) is 12.1. The number of carbonyl (C=O) groups is 1. The van der Waals surface area contributed by atoms with Crippen LogP contribution in [-0.2, 0) is 0 Å². The molecule has 5 heteroatoms. The van der Waals surface area contributed by atoms with E-state index in [9.17, 15) is 4.79 Å². The Balaban J connectivity index is 1.77. The molecule has 1 aliphatic rings. The maximum absolute atomic E-state index is 12.0. The van der Waals surface area contributed by atoms with E-state index in [1.54, 1.807) is 12.1 Å². The van der Waals surface area contributed by atoms with Crippen LogP contribution in [0, 0.1) is 11.8 Å². The Bertz CT molecular complexity index is 513. The molecule has 0 radical (unpaired) electrons. The molecule has 0 atom stereocenters. The lowest BCUT2D eigenvalue weighted by Crippen LogP contribution is -2.39. The van der Waals surface area contributed by atoms with Crippen LogP contribution in [0.5, 0.6) is 0 Å². The zero-order valence-corrected chi connectivity index (χ0v) is 12.9. The third-order valence-corrected chi connectivity index (χ3v) is 4.24.